The lowest BCUT2D eigenvalue weighted by molar-refractivity contribution is -0.130. The molecule has 5 rings (SSSR count). The van der Waals surface area contributed by atoms with Crippen molar-refractivity contribution >= 4 is 50.3 Å². The number of esters is 1. The van der Waals surface area contributed by atoms with Crippen molar-refractivity contribution in [2.24, 2.45) is 10.4 Å². The summed E-state index contributed by atoms with van der Waals surface area (Å²) >= 11 is 0. The molecule has 1 heterocycles. The Morgan fingerprint density at radius 2 is 1.48 bits per heavy atom. The molecule has 3 heteroatoms. The summed E-state index contributed by atoms with van der Waals surface area (Å²) < 4.78 is 5.38. The number of ether oxygens (including phenoxy) is 1. The second-order valence-corrected chi connectivity index (χ2v) is 8.10. The van der Waals surface area contributed by atoms with Crippen LogP contribution in [0.1, 0.15) is 26.3 Å². The number of carbonyl (C=O) groups is 1. The second kappa shape index (κ2) is 5.40. The molecule has 0 radical (unpaired) electrons. The van der Waals surface area contributed by atoms with Gasteiger partial charge in [-0.1, -0.05) is 75.4 Å². The fourth-order valence-corrected chi connectivity index (χ4v) is 3.76. The highest BCUT2D eigenvalue weighted by Crippen LogP contribution is 2.37. The van der Waals surface area contributed by atoms with E-state index in [2.05, 4.69) is 53.5 Å². The molecule has 4 aromatic rings. The number of carbonyl (C=O) groups excluding carboxylic acids is 1. The van der Waals surface area contributed by atoms with Crippen LogP contribution >= 0.6 is 0 Å². The molecule has 4 aromatic carbocycles. The van der Waals surface area contributed by atoms with Gasteiger partial charge in [-0.25, -0.2) is 9.79 Å². The molecule has 0 fully saturated rings. The first-order chi connectivity index (χ1) is 12.9. The van der Waals surface area contributed by atoms with Crippen LogP contribution in [-0.4, -0.2) is 11.9 Å². The van der Waals surface area contributed by atoms with Gasteiger partial charge in [-0.2, -0.15) is 0 Å². The highest BCUT2D eigenvalue weighted by atomic mass is 16.6. The third kappa shape index (κ3) is 2.42. The highest BCUT2D eigenvalue weighted by Gasteiger charge is 2.31. The molecule has 0 unspecified atom stereocenters. The van der Waals surface area contributed by atoms with Crippen molar-refractivity contribution in [2.75, 3.05) is 0 Å². The van der Waals surface area contributed by atoms with Gasteiger partial charge in [-0.05, 0) is 44.0 Å². The van der Waals surface area contributed by atoms with Gasteiger partial charge in [0.15, 0.2) is 5.70 Å². The molecule has 132 valence electrons. The van der Waals surface area contributed by atoms with Crippen LogP contribution in [0.5, 0.6) is 0 Å². The SMILES string of the molecule is CC(C)(C)C1=N/C(=C\c2ccc3ccc4cccc5ccc2c3c45)C(=O)O1. The monoisotopic (exact) mass is 353 g/mol. The normalized spacial score (nSPS) is 16.6. The number of rotatable bonds is 1. The van der Waals surface area contributed by atoms with E-state index in [0.717, 1.165) is 10.9 Å². The van der Waals surface area contributed by atoms with Crippen LogP contribution < -0.4 is 0 Å². The quantitative estimate of drug-likeness (QED) is 0.242. The van der Waals surface area contributed by atoms with Crippen molar-refractivity contribution in [1.29, 1.82) is 0 Å². The molecule has 0 N–H and O–H groups in total. The first kappa shape index (κ1) is 16.0. The molecule has 0 saturated heterocycles. The van der Waals surface area contributed by atoms with Gasteiger partial charge >= 0.3 is 5.97 Å². The predicted molar refractivity (Wildman–Crippen MR) is 111 cm³/mol. The average molecular weight is 353 g/mol. The maximum absolute atomic E-state index is 12.3. The van der Waals surface area contributed by atoms with Crippen LogP contribution in [0.2, 0.25) is 0 Å². The minimum absolute atomic E-state index is 0.298. The lowest BCUT2D eigenvalue weighted by atomic mass is 9.92. The summed E-state index contributed by atoms with van der Waals surface area (Å²) in [6.07, 6.45) is 1.84. The van der Waals surface area contributed by atoms with Gasteiger partial charge in [0, 0.05) is 5.41 Å². The van der Waals surface area contributed by atoms with Gasteiger partial charge in [-0.3, -0.25) is 0 Å². The van der Waals surface area contributed by atoms with E-state index >= 15 is 0 Å². The van der Waals surface area contributed by atoms with Crippen LogP contribution in [0.25, 0.3) is 38.4 Å². The first-order valence-corrected chi connectivity index (χ1v) is 9.11. The minimum Gasteiger partial charge on any atom is -0.406 e. The van der Waals surface area contributed by atoms with Gasteiger partial charge in [0.2, 0.25) is 5.90 Å². The Hall–Kier alpha value is -3.20. The molecule has 0 aliphatic carbocycles. The molecule has 0 amide bonds. The van der Waals surface area contributed by atoms with Crippen LogP contribution in [-0.2, 0) is 9.53 Å². The maximum atomic E-state index is 12.3. The number of hydrogen-bond donors (Lipinski definition) is 0. The van der Waals surface area contributed by atoms with Gasteiger partial charge in [-0.15, -0.1) is 0 Å². The van der Waals surface area contributed by atoms with Crippen molar-refractivity contribution in [3.05, 3.63) is 65.9 Å². The Balaban J connectivity index is 1.77. The van der Waals surface area contributed by atoms with Crippen molar-refractivity contribution in [1.82, 2.24) is 0 Å². The molecule has 0 saturated carbocycles. The Labute approximate surface area is 157 Å². The zero-order valence-electron chi connectivity index (χ0n) is 15.5. The Morgan fingerprint density at radius 1 is 0.852 bits per heavy atom. The van der Waals surface area contributed by atoms with Crippen LogP contribution in [0.4, 0.5) is 0 Å². The van der Waals surface area contributed by atoms with E-state index in [1.165, 1.54) is 26.9 Å². The fourth-order valence-electron chi connectivity index (χ4n) is 3.76. The number of benzene rings is 4. The highest BCUT2D eigenvalue weighted by molar-refractivity contribution is 6.24. The van der Waals surface area contributed by atoms with Crippen molar-refractivity contribution in [3.8, 4) is 0 Å². The minimum atomic E-state index is -0.384. The van der Waals surface area contributed by atoms with Gasteiger partial charge in [0.05, 0.1) is 0 Å². The van der Waals surface area contributed by atoms with Crippen LogP contribution in [0.15, 0.2) is 65.3 Å². The third-order valence-corrected chi connectivity index (χ3v) is 5.12. The largest absolute Gasteiger partial charge is 0.406 e. The molecule has 0 aromatic heterocycles. The standard InChI is InChI=1S/C24H19NO2/c1-24(2,3)23-25-19(22(26)27-23)13-17-10-9-16-8-7-14-5-4-6-15-11-12-18(17)21(16)20(14)15/h4-13H,1-3H3/b19-13-. The predicted octanol–water partition coefficient (Wildman–Crippen LogP) is 5.93. The molecule has 1 aliphatic rings. The van der Waals surface area contributed by atoms with E-state index in [1.807, 2.05) is 32.9 Å². The second-order valence-electron chi connectivity index (χ2n) is 8.10. The van der Waals surface area contributed by atoms with Crippen molar-refractivity contribution in [3.63, 3.8) is 0 Å². The summed E-state index contributed by atoms with van der Waals surface area (Å²) in [5.41, 5.74) is 1.04. The number of nitrogens with zero attached hydrogens (tertiary/aromatic N) is 1. The molecular weight excluding hydrogens is 334 g/mol. The topological polar surface area (TPSA) is 38.7 Å². The van der Waals surface area contributed by atoms with E-state index in [-0.39, 0.29) is 11.4 Å². The Bertz CT molecular complexity index is 1270. The van der Waals surface area contributed by atoms with E-state index in [0.29, 0.717) is 11.6 Å². The maximum Gasteiger partial charge on any atom is 0.363 e. The van der Waals surface area contributed by atoms with E-state index < -0.39 is 0 Å². The summed E-state index contributed by atoms with van der Waals surface area (Å²) in [7, 11) is 0. The molecule has 3 nitrogen and oxygen atoms in total. The third-order valence-electron chi connectivity index (χ3n) is 5.12. The lowest BCUT2D eigenvalue weighted by Gasteiger charge is -2.15. The first-order valence-electron chi connectivity index (χ1n) is 9.11. The van der Waals surface area contributed by atoms with Crippen LogP contribution in [0, 0.1) is 5.41 Å². The van der Waals surface area contributed by atoms with E-state index in [4.69, 9.17) is 4.74 Å². The van der Waals surface area contributed by atoms with Crippen molar-refractivity contribution < 1.29 is 9.53 Å². The average Bonchev–Trinajstić information content (AvgIpc) is 3.02. The summed E-state index contributed by atoms with van der Waals surface area (Å²) in [6.45, 7) is 5.95. The van der Waals surface area contributed by atoms with Gasteiger partial charge in [0.25, 0.3) is 0 Å². The van der Waals surface area contributed by atoms with E-state index in [9.17, 15) is 4.79 Å². The molecular formula is C24H19NO2. The Kier molecular flexibility index (Phi) is 3.20. The van der Waals surface area contributed by atoms with Gasteiger partial charge in [0.1, 0.15) is 0 Å². The number of aliphatic imine (C=N–C) groups is 1. The summed E-state index contributed by atoms with van der Waals surface area (Å²) in [5.74, 6) is 0.0853. The fraction of sp³-hybridized carbons (Fsp3) is 0.167. The van der Waals surface area contributed by atoms with Crippen molar-refractivity contribution in [2.45, 2.75) is 20.8 Å². The number of cyclic esters (lactones) is 1. The van der Waals surface area contributed by atoms with Gasteiger partial charge < -0.3 is 4.74 Å². The lowest BCUT2D eigenvalue weighted by Crippen LogP contribution is -2.21. The Morgan fingerprint density at radius 3 is 2.15 bits per heavy atom. The smallest absolute Gasteiger partial charge is 0.363 e. The van der Waals surface area contributed by atoms with E-state index in [1.54, 1.807) is 0 Å². The zero-order chi connectivity index (χ0) is 18.8. The molecule has 0 bridgehead atoms. The summed E-state index contributed by atoms with van der Waals surface area (Å²) in [6, 6.07) is 19.1. The number of hydrogen-bond acceptors (Lipinski definition) is 3. The molecule has 0 atom stereocenters. The molecule has 27 heavy (non-hydrogen) atoms. The summed E-state index contributed by atoms with van der Waals surface area (Å²) in [4.78, 5) is 16.8. The molecule has 0 spiro atoms. The zero-order valence-corrected chi connectivity index (χ0v) is 15.5. The van der Waals surface area contributed by atoms with Crippen LogP contribution in [0.3, 0.4) is 0 Å². The molecule has 1 aliphatic heterocycles. The summed E-state index contributed by atoms with van der Waals surface area (Å²) in [5, 5.41) is 7.26.